The number of aliphatic hydroxyl groups excluding tert-OH is 2. The summed E-state index contributed by atoms with van der Waals surface area (Å²) in [6, 6.07) is -0.244. The van der Waals surface area contributed by atoms with Crippen molar-refractivity contribution in [1.29, 1.82) is 0 Å². The maximum Gasteiger partial charge on any atom is 0.152 e. The molecule has 1 saturated heterocycles. The van der Waals surface area contributed by atoms with Gasteiger partial charge in [0.2, 0.25) is 0 Å². The lowest BCUT2D eigenvalue weighted by molar-refractivity contribution is 0.00720. The minimum absolute atomic E-state index is 0. The number of aryl methyl sites for hydroxylation is 2. The van der Waals surface area contributed by atoms with E-state index in [0.29, 0.717) is 39.1 Å². The lowest BCUT2D eigenvalue weighted by atomic mass is 10.1. The third-order valence-electron chi connectivity index (χ3n) is 6.35. The molecule has 34 heavy (non-hydrogen) atoms. The Kier molecular flexibility index (Phi) is 11.7. The Balaban J connectivity index is 0.00000193. The van der Waals surface area contributed by atoms with Crippen LogP contribution in [-0.2, 0) is 29.5 Å². The highest BCUT2D eigenvalue weighted by atomic mass is 35.5. The molecule has 0 spiro atoms. The van der Waals surface area contributed by atoms with E-state index in [-0.39, 0.29) is 60.7 Å². The second-order valence-electron chi connectivity index (χ2n) is 8.63. The molecular weight excluding hydrogens is 531 g/mol. The summed E-state index contributed by atoms with van der Waals surface area (Å²) in [5.41, 5.74) is 2.55. The largest absolute Gasteiger partial charge is 0.390 e. The molecule has 2 aromatic heterocycles. The van der Waals surface area contributed by atoms with Gasteiger partial charge in [-0.25, -0.2) is 8.42 Å². The van der Waals surface area contributed by atoms with E-state index in [1.165, 1.54) is 0 Å². The molecule has 1 saturated carbocycles. The second-order valence-corrected chi connectivity index (χ2v) is 10.9. The minimum atomic E-state index is -2.91. The van der Waals surface area contributed by atoms with Crippen LogP contribution in [0.4, 0.5) is 0 Å². The summed E-state index contributed by atoms with van der Waals surface area (Å²) in [6.45, 7) is 6.24. The summed E-state index contributed by atoms with van der Waals surface area (Å²) in [4.78, 5) is 2.05. The Morgan fingerprint density at radius 1 is 1.15 bits per heavy atom. The van der Waals surface area contributed by atoms with Crippen molar-refractivity contribution in [2.75, 3.05) is 24.6 Å². The summed E-state index contributed by atoms with van der Waals surface area (Å²) in [7, 11) is -2.91. The molecule has 4 atom stereocenters. The third kappa shape index (κ3) is 7.26. The molecule has 2 fully saturated rings. The normalized spacial score (nSPS) is 26.4. The van der Waals surface area contributed by atoms with E-state index in [4.69, 9.17) is 4.52 Å². The van der Waals surface area contributed by atoms with Crippen molar-refractivity contribution in [2.45, 2.75) is 58.2 Å². The van der Waals surface area contributed by atoms with Crippen molar-refractivity contribution in [3.8, 4) is 0 Å². The van der Waals surface area contributed by atoms with Gasteiger partial charge in [-0.1, -0.05) is 10.4 Å². The lowest BCUT2D eigenvalue weighted by Crippen LogP contribution is -2.39. The summed E-state index contributed by atoms with van der Waals surface area (Å²) in [5, 5.41) is 36.6. The molecule has 3 N–H and O–H groups in total. The maximum absolute atomic E-state index is 11.6. The molecule has 0 bridgehead atoms. The van der Waals surface area contributed by atoms with E-state index in [9.17, 15) is 18.6 Å². The highest BCUT2D eigenvalue weighted by Crippen LogP contribution is 2.29. The third-order valence-corrected chi connectivity index (χ3v) is 7.96. The van der Waals surface area contributed by atoms with Gasteiger partial charge in [-0.05, 0) is 20.3 Å². The molecule has 4 rings (SSSR count). The smallest absolute Gasteiger partial charge is 0.152 e. The first-order chi connectivity index (χ1) is 14.7. The van der Waals surface area contributed by atoms with Gasteiger partial charge < -0.3 is 20.1 Å². The molecule has 1 aliphatic carbocycles. The van der Waals surface area contributed by atoms with Gasteiger partial charge in [-0.2, -0.15) is 0 Å². The maximum atomic E-state index is 11.6. The van der Waals surface area contributed by atoms with Crippen LogP contribution in [0.5, 0.6) is 0 Å². The summed E-state index contributed by atoms with van der Waals surface area (Å²) < 4.78 is 30.0. The number of hydrogen-bond donors (Lipinski definition) is 3. The molecule has 2 aromatic rings. The minimum Gasteiger partial charge on any atom is -0.390 e. The Morgan fingerprint density at radius 2 is 1.82 bits per heavy atom. The second kappa shape index (κ2) is 12.8. The SMILES string of the molecule is Cc1noc(C)c1CN[C@@H]1C[C@H](Cn2cc(CN3CCS(=O)(=O)CC3)nn2)[C@@H](O)[C@H]1O.Cl.Cl.Cl. The van der Waals surface area contributed by atoms with Crippen molar-refractivity contribution in [3.05, 3.63) is 28.9 Å². The van der Waals surface area contributed by atoms with Gasteiger partial charge >= 0.3 is 0 Å². The summed E-state index contributed by atoms with van der Waals surface area (Å²) >= 11 is 0. The Bertz CT molecular complexity index is 986. The molecule has 0 radical (unpaired) electrons. The number of hydrogen-bond acceptors (Lipinski definition) is 10. The lowest BCUT2D eigenvalue weighted by Gasteiger charge is -2.25. The van der Waals surface area contributed by atoms with Crippen molar-refractivity contribution >= 4 is 47.1 Å². The van der Waals surface area contributed by atoms with Crippen LogP contribution in [0.15, 0.2) is 10.7 Å². The molecule has 11 nitrogen and oxygen atoms in total. The standard InChI is InChI=1S/C19H30N6O5S.3ClH/c1-12-16(13(2)30-22-12)8-20-17-7-14(18(26)19(17)27)9-25-11-15(21-23-25)10-24-3-5-31(28,29)6-4-24;;;/h11,14,17-20,26-27H,3-10H2,1-2H3;3*1H/t14-,17-,18-,19+;;;/m1.../s1. The van der Waals surface area contributed by atoms with Gasteiger partial charge in [0.15, 0.2) is 9.84 Å². The van der Waals surface area contributed by atoms with Crippen LogP contribution >= 0.6 is 37.2 Å². The van der Waals surface area contributed by atoms with Crippen molar-refractivity contribution in [3.63, 3.8) is 0 Å². The molecule has 0 aromatic carbocycles. The number of aliphatic hydroxyl groups is 2. The quantitative estimate of drug-likeness (QED) is 0.429. The van der Waals surface area contributed by atoms with Crippen LogP contribution in [-0.4, -0.2) is 86.5 Å². The fraction of sp³-hybridized carbons (Fsp3) is 0.737. The Morgan fingerprint density at radius 3 is 2.44 bits per heavy atom. The predicted octanol–water partition coefficient (Wildman–Crippen LogP) is 0.279. The molecule has 0 unspecified atom stereocenters. The molecule has 1 aliphatic heterocycles. The van der Waals surface area contributed by atoms with Crippen LogP contribution in [0.25, 0.3) is 0 Å². The average molecular weight is 564 g/mol. The predicted molar refractivity (Wildman–Crippen MR) is 132 cm³/mol. The zero-order valence-corrected chi connectivity index (χ0v) is 22.3. The first-order valence-electron chi connectivity index (χ1n) is 10.5. The molecule has 0 amide bonds. The van der Waals surface area contributed by atoms with E-state index in [1.54, 1.807) is 4.68 Å². The molecule has 196 valence electrons. The molecule has 15 heteroatoms. The first-order valence-corrected chi connectivity index (χ1v) is 12.4. The van der Waals surface area contributed by atoms with E-state index in [0.717, 1.165) is 22.7 Å². The van der Waals surface area contributed by atoms with Crippen LogP contribution in [0.1, 0.15) is 29.1 Å². The number of halogens is 3. The van der Waals surface area contributed by atoms with E-state index in [2.05, 4.69) is 25.7 Å². The topological polar surface area (TPSA) is 147 Å². The number of sulfone groups is 1. The van der Waals surface area contributed by atoms with Gasteiger partial charge in [0.05, 0.1) is 35.1 Å². The van der Waals surface area contributed by atoms with Crippen molar-refractivity contribution in [1.82, 2.24) is 30.4 Å². The molecular formula is C19H33Cl3N6O5S. The van der Waals surface area contributed by atoms with Crippen LogP contribution in [0.2, 0.25) is 0 Å². The van der Waals surface area contributed by atoms with Gasteiger partial charge in [0.1, 0.15) is 5.76 Å². The first kappa shape index (κ1) is 31.0. The molecule has 3 heterocycles. The zero-order chi connectivity index (χ0) is 22.2. The highest BCUT2D eigenvalue weighted by molar-refractivity contribution is 7.91. The summed E-state index contributed by atoms with van der Waals surface area (Å²) in [5.74, 6) is 0.938. The van der Waals surface area contributed by atoms with Crippen LogP contribution in [0.3, 0.4) is 0 Å². The Labute approximate surface area is 217 Å². The van der Waals surface area contributed by atoms with Crippen molar-refractivity contribution < 1.29 is 23.2 Å². The van der Waals surface area contributed by atoms with Crippen LogP contribution < -0.4 is 5.32 Å². The van der Waals surface area contributed by atoms with Gasteiger partial charge in [-0.15, -0.1) is 42.3 Å². The fourth-order valence-corrected chi connectivity index (χ4v) is 5.65. The fourth-order valence-electron chi connectivity index (χ4n) is 4.37. The van der Waals surface area contributed by atoms with E-state index in [1.807, 2.05) is 20.0 Å². The van der Waals surface area contributed by atoms with Gasteiger partial charge in [0, 0.05) is 56.4 Å². The number of aromatic nitrogens is 4. The number of nitrogens with one attached hydrogen (secondary N) is 1. The van der Waals surface area contributed by atoms with Crippen LogP contribution in [0, 0.1) is 19.8 Å². The van der Waals surface area contributed by atoms with E-state index >= 15 is 0 Å². The van der Waals surface area contributed by atoms with Gasteiger partial charge in [-0.3, -0.25) is 9.58 Å². The Hall–Kier alpha value is -0.990. The van der Waals surface area contributed by atoms with Crippen molar-refractivity contribution in [2.24, 2.45) is 5.92 Å². The number of nitrogens with zero attached hydrogens (tertiary/aromatic N) is 5. The molecule has 2 aliphatic rings. The highest BCUT2D eigenvalue weighted by Gasteiger charge is 2.41. The zero-order valence-electron chi connectivity index (χ0n) is 19.0. The monoisotopic (exact) mass is 562 g/mol. The number of rotatable bonds is 7. The van der Waals surface area contributed by atoms with E-state index < -0.39 is 22.0 Å². The van der Waals surface area contributed by atoms with Gasteiger partial charge in [0.25, 0.3) is 0 Å². The average Bonchev–Trinajstić information content (AvgIpc) is 3.37. The summed E-state index contributed by atoms with van der Waals surface area (Å²) in [6.07, 6.45) is 0.698.